The molecule has 3 N–H and O–H groups in total. The van der Waals surface area contributed by atoms with E-state index in [2.05, 4.69) is 36.5 Å². The zero-order valence-corrected chi connectivity index (χ0v) is 14.8. The van der Waals surface area contributed by atoms with Gasteiger partial charge in [0.25, 0.3) is 0 Å². The molecular formula is C20H21N5O. The van der Waals surface area contributed by atoms with Crippen molar-refractivity contribution in [3.63, 3.8) is 0 Å². The molecule has 132 valence electrons. The van der Waals surface area contributed by atoms with Crippen LogP contribution in [0, 0.1) is 0 Å². The van der Waals surface area contributed by atoms with Gasteiger partial charge in [0.15, 0.2) is 0 Å². The van der Waals surface area contributed by atoms with Crippen LogP contribution in [-0.4, -0.2) is 22.0 Å². The Kier molecular flexibility index (Phi) is 5.12. The number of primary amides is 1. The van der Waals surface area contributed by atoms with Crippen LogP contribution < -0.4 is 11.2 Å². The minimum absolute atomic E-state index is 0.465. The molecule has 0 aliphatic carbocycles. The molecule has 3 aromatic rings. The third-order valence-corrected chi connectivity index (χ3v) is 3.99. The lowest BCUT2D eigenvalue weighted by atomic mass is 10.00. The summed E-state index contributed by atoms with van der Waals surface area (Å²) in [6, 6.07) is 17.4. The Labute approximate surface area is 152 Å². The molecular weight excluding hydrogens is 326 g/mol. The number of hydrazone groups is 1. The number of nitrogens with two attached hydrogens (primary N) is 1. The van der Waals surface area contributed by atoms with Gasteiger partial charge >= 0.3 is 6.03 Å². The van der Waals surface area contributed by atoms with Crippen LogP contribution in [0.3, 0.4) is 0 Å². The highest BCUT2D eigenvalue weighted by Crippen LogP contribution is 2.25. The normalized spacial score (nSPS) is 11.2. The lowest BCUT2D eigenvalue weighted by Crippen LogP contribution is -2.24. The van der Waals surface area contributed by atoms with Crippen molar-refractivity contribution >= 4 is 12.2 Å². The summed E-state index contributed by atoms with van der Waals surface area (Å²) in [7, 11) is 0. The molecule has 26 heavy (non-hydrogen) atoms. The minimum Gasteiger partial charge on any atom is -0.350 e. The van der Waals surface area contributed by atoms with E-state index < -0.39 is 6.03 Å². The molecule has 0 saturated heterocycles. The topological polar surface area (TPSA) is 85.3 Å². The predicted octanol–water partition coefficient (Wildman–Crippen LogP) is 3.66. The molecule has 0 spiro atoms. The molecule has 6 heteroatoms. The predicted molar refractivity (Wildman–Crippen MR) is 103 cm³/mol. The molecule has 1 heterocycles. The number of hydrogen-bond acceptors (Lipinski definition) is 3. The number of urea groups is 1. The van der Waals surface area contributed by atoms with Crippen molar-refractivity contribution in [2.75, 3.05) is 0 Å². The standard InChI is InChI=1S/C20H21N5O/c1-14(2)15-8-10-16(11-9-15)19-17(12-22-23-20(21)26)13-25(24-19)18-6-4-3-5-7-18/h3-14H,1-2H3,(H3,21,23,26)/b22-12+. The van der Waals surface area contributed by atoms with Gasteiger partial charge in [-0.15, -0.1) is 0 Å². The zero-order valence-electron chi connectivity index (χ0n) is 14.8. The minimum atomic E-state index is -0.709. The fraction of sp³-hybridized carbons (Fsp3) is 0.150. The summed E-state index contributed by atoms with van der Waals surface area (Å²) in [6.07, 6.45) is 3.41. The highest BCUT2D eigenvalue weighted by molar-refractivity contribution is 5.89. The van der Waals surface area contributed by atoms with Crippen molar-refractivity contribution in [3.05, 3.63) is 71.9 Å². The Morgan fingerprint density at radius 2 is 1.85 bits per heavy atom. The van der Waals surface area contributed by atoms with E-state index in [0.717, 1.165) is 22.5 Å². The second-order valence-corrected chi connectivity index (χ2v) is 6.22. The second-order valence-electron chi connectivity index (χ2n) is 6.22. The van der Waals surface area contributed by atoms with E-state index >= 15 is 0 Å². The van der Waals surface area contributed by atoms with Crippen LogP contribution in [0.5, 0.6) is 0 Å². The average molecular weight is 347 g/mol. The van der Waals surface area contributed by atoms with Gasteiger partial charge in [0, 0.05) is 17.3 Å². The number of rotatable bonds is 5. The van der Waals surface area contributed by atoms with Gasteiger partial charge < -0.3 is 5.73 Å². The number of carbonyl (C=O) groups is 1. The van der Waals surface area contributed by atoms with Gasteiger partial charge in [-0.1, -0.05) is 56.3 Å². The van der Waals surface area contributed by atoms with E-state index in [1.165, 1.54) is 5.56 Å². The Bertz CT molecular complexity index is 911. The third-order valence-electron chi connectivity index (χ3n) is 3.99. The van der Waals surface area contributed by atoms with Crippen LogP contribution in [-0.2, 0) is 0 Å². The molecule has 6 nitrogen and oxygen atoms in total. The van der Waals surface area contributed by atoms with Crippen LogP contribution in [0.4, 0.5) is 4.79 Å². The summed E-state index contributed by atoms with van der Waals surface area (Å²) in [4.78, 5) is 10.8. The highest BCUT2D eigenvalue weighted by Gasteiger charge is 2.11. The summed E-state index contributed by atoms with van der Waals surface area (Å²) >= 11 is 0. The quantitative estimate of drug-likeness (QED) is 0.545. The first-order chi connectivity index (χ1) is 12.5. The van der Waals surface area contributed by atoms with E-state index in [9.17, 15) is 4.79 Å². The zero-order chi connectivity index (χ0) is 18.5. The van der Waals surface area contributed by atoms with Crippen LogP contribution in [0.15, 0.2) is 65.9 Å². The number of hydrogen-bond donors (Lipinski definition) is 2. The van der Waals surface area contributed by atoms with E-state index in [0.29, 0.717) is 5.92 Å². The SMILES string of the molecule is CC(C)c1ccc(-c2nn(-c3ccccc3)cc2/C=N/NC(N)=O)cc1. The van der Waals surface area contributed by atoms with Crippen LogP contribution >= 0.6 is 0 Å². The molecule has 0 unspecified atom stereocenters. The maximum atomic E-state index is 10.8. The molecule has 1 aromatic heterocycles. The maximum absolute atomic E-state index is 10.8. The van der Waals surface area contributed by atoms with E-state index in [-0.39, 0.29) is 0 Å². The number of benzene rings is 2. The van der Waals surface area contributed by atoms with E-state index in [4.69, 9.17) is 10.8 Å². The number of aromatic nitrogens is 2. The summed E-state index contributed by atoms with van der Waals surface area (Å²) in [5.74, 6) is 0.465. The van der Waals surface area contributed by atoms with Gasteiger partial charge in [-0.25, -0.2) is 14.9 Å². The Morgan fingerprint density at radius 3 is 2.46 bits per heavy atom. The molecule has 0 radical (unpaired) electrons. The van der Waals surface area contributed by atoms with Gasteiger partial charge in [-0.05, 0) is 23.6 Å². The number of nitrogens with zero attached hydrogens (tertiary/aromatic N) is 3. The van der Waals surface area contributed by atoms with Crippen molar-refractivity contribution in [1.29, 1.82) is 0 Å². The molecule has 0 atom stereocenters. The molecule has 0 bridgehead atoms. The molecule has 2 amide bonds. The summed E-state index contributed by atoms with van der Waals surface area (Å²) in [5, 5.41) is 8.58. The summed E-state index contributed by atoms with van der Waals surface area (Å²) < 4.78 is 1.79. The van der Waals surface area contributed by atoms with Crippen molar-refractivity contribution in [1.82, 2.24) is 15.2 Å². The molecule has 2 aromatic carbocycles. The van der Waals surface area contributed by atoms with E-state index in [1.54, 1.807) is 10.9 Å². The van der Waals surface area contributed by atoms with Crippen LogP contribution in [0.25, 0.3) is 16.9 Å². The largest absolute Gasteiger partial charge is 0.350 e. The van der Waals surface area contributed by atoms with Gasteiger partial charge in [0.05, 0.1) is 11.9 Å². The molecule has 0 aliphatic rings. The third kappa shape index (κ3) is 3.97. The molecule has 0 saturated carbocycles. The first-order valence-corrected chi connectivity index (χ1v) is 8.38. The first kappa shape index (κ1) is 17.4. The fourth-order valence-corrected chi connectivity index (χ4v) is 2.61. The fourth-order valence-electron chi connectivity index (χ4n) is 2.61. The number of carbonyl (C=O) groups excluding carboxylic acids is 1. The van der Waals surface area contributed by atoms with Gasteiger partial charge in [-0.3, -0.25) is 0 Å². The Morgan fingerprint density at radius 1 is 1.15 bits per heavy atom. The van der Waals surface area contributed by atoms with Gasteiger partial charge in [-0.2, -0.15) is 10.2 Å². The summed E-state index contributed by atoms with van der Waals surface area (Å²) in [5.41, 5.74) is 12.0. The van der Waals surface area contributed by atoms with Crippen molar-refractivity contribution < 1.29 is 4.79 Å². The van der Waals surface area contributed by atoms with Crippen LogP contribution in [0.1, 0.15) is 30.9 Å². The van der Waals surface area contributed by atoms with Crippen molar-refractivity contribution in [3.8, 4) is 16.9 Å². The van der Waals surface area contributed by atoms with Crippen molar-refractivity contribution in [2.24, 2.45) is 10.8 Å². The smallest absolute Gasteiger partial charge is 0.332 e. The lowest BCUT2D eigenvalue weighted by molar-refractivity contribution is 0.249. The Balaban J connectivity index is 2.02. The molecule has 0 aliphatic heterocycles. The van der Waals surface area contributed by atoms with Gasteiger partial charge in [0.1, 0.15) is 5.69 Å². The first-order valence-electron chi connectivity index (χ1n) is 8.38. The van der Waals surface area contributed by atoms with Crippen LogP contribution in [0.2, 0.25) is 0 Å². The molecule has 0 fully saturated rings. The number of para-hydroxylation sites is 1. The monoisotopic (exact) mass is 347 g/mol. The maximum Gasteiger partial charge on any atom is 0.332 e. The van der Waals surface area contributed by atoms with E-state index in [1.807, 2.05) is 48.7 Å². The second kappa shape index (κ2) is 7.65. The highest BCUT2D eigenvalue weighted by atomic mass is 16.2. The van der Waals surface area contributed by atoms with Crippen molar-refractivity contribution in [2.45, 2.75) is 19.8 Å². The summed E-state index contributed by atoms with van der Waals surface area (Å²) in [6.45, 7) is 4.32. The lowest BCUT2D eigenvalue weighted by Gasteiger charge is -2.06. The van der Waals surface area contributed by atoms with Gasteiger partial charge in [0.2, 0.25) is 0 Å². The average Bonchev–Trinajstić information content (AvgIpc) is 3.06. The Hall–Kier alpha value is -3.41. The molecule has 3 rings (SSSR count). The number of nitrogens with one attached hydrogen (secondary N) is 1. The number of amides is 2.